The largest absolute Gasteiger partial charge is 0.445 e. The maximum absolute atomic E-state index is 12.9. The first-order valence-corrected chi connectivity index (χ1v) is 5.36. The summed E-state index contributed by atoms with van der Waals surface area (Å²) < 4.78 is 30.6. The van der Waals surface area contributed by atoms with Gasteiger partial charge in [0.05, 0.1) is 11.6 Å². The molecule has 2 aromatic rings. The summed E-state index contributed by atoms with van der Waals surface area (Å²) >= 11 is 5.56. The average Bonchev–Trinajstić information content (AvgIpc) is 2.79. The van der Waals surface area contributed by atoms with Gasteiger partial charge in [0, 0.05) is 6.08 Å². The predicted octanol–water partition coefficient (Wildman–Crippen LogP) is 3.86. The number of nitrogens with zero attached hydrogens (tertiary/aromatic N) is 1. The third-order valence-corrected chi connectivity index (χ3v) is 2.34. The van der Waals surface area contributed by atoms with E-state index in [1.54, 1.807) is 12.2 Å². The Kier molecular flexibility index (Phi) is 3.54. The van der Waals surface area contributed by atoms with Crippen LogP contribution in [0.15, 0.2) is 28.9 Å². The Morgan fingerprint density at radius 3 is 2.71 bits per heavy atom. The molecule has 0 unspecified atom stereocenters. The van der Waals surface area contributed by atoms with Crippen molar-refractivity contribution in [2.75, 3.05) is 0 Å². The second-order valence-corrected chi connectivity index (χ2v) is 3.58. The van der Waals surface area contributed by atoms with Gasteiger partial charge in [0.15, 0.2) is 11.6 Å². The number of halogens is 3. The molecule has 2 nitrogen and oxygen atoms in total. The minimum atomic E-state index is -0.888. The molecule has 0 radical (unpaired) electrons. The van der Waals surface area contributed by atoms with Crippen molar-refractivity contribution in [2.45, 2.75) is 5.88 Å². The van der Waals surface area contributed by atoms with Gasteiger partial charge in [0.1, 0.15) is 6.26 Å². The average molecular weight is 256 g/mol. The molecule has 0 bridgehead atoms. The van der Waals surface area contributed by atoms with E-state index in [9.17, 15) is 8.78 Å². The number of alkyl halides is 1. The van der Waals surface area contributed by atoms with E-state index in [0.717, 1.165) is 12.1 Å². The summed E-state index contributed by atoms with van der Waals surface area (Å²) in [7, 11) is 0. The third kappa shape index (κ3) is 2.91. The monoisotopic (exact) mass is 255 g/mol. The van der Waals surface area contributed by atoms with Crippen molar-refractivity contribution in [3.63, 3.8) is 0 Å². The van der Waals surface area contributed by atoms with Crippen LogP contribution in [0.1, 0.15) is 17.1 Å². The fourth-order valence-electron chi connectivity index (χ4n) is 1.24. The van der Waals surface area contributed by atoms with Crippen LogP contribution in [0, 0.1) is 11.6 Å². The molecule has 0 aliphatic heterocycles. The molecular weight excluding hydrogens is 248 g/mol. The Hall–Kier alpha value is -1.68. The zero-order chi connectivity index (χ0) is 12.3. The van der Waals surface area contributed by atoms with Gasteiger partial charge in [-0.05, 0) is 23.8 Å². The highest BCUT2D eigenvalue weighted by Gasteiger charge is 2.01. The fraction of sp³-hybridized carbons (Fsp3) is 0.0833. The number of oxazole rings is 1. The minimum absolute atomic E-state index is 0.266. The van der Waals surface area contributed by atoms with E-state index in [1.165, 1.54) is 12.3 Å². The van der Waals surface area contributed by atoms with Crippen LogP contribution in [0.4, 0.5) is 8.78 Å². The van der Waals surface area contributed by atoms with Gasteiger partial charge in [0.2, 0.25) is 5.89 Å². The Morgan fingerprint density at radius 1 is 1.24 bits per heavy atom. The highest BCUT2D eigenvalue weighted by atomic mass is 35.5. The van der Waals surface area contributed by atoms with Crippen LogP contribution < -0.4 is 0 Å². The molecule has 1 heterocycles. The number of hydrogen-bond donors (Lipinski definition) is 0. The fourth-order valence-corrected chi connectivity index (χ4v) is 1.37. The van der Waals surface area contributed by atoms with E-state index in [1.807, 2.05) is 0 Å². The molecule has 88 valence electrons. The van der Waals surface area contributed by atoms with Crippen molar-refractivity contribution in [2.24, 2.45) is 0 Å². The minimum Gasteiger partial charge on any atom is -0.445 e. The summed E-state index contributed by atoms with van der Waals surface area (Å²) in [6.07, 6.45) is 4.58. The summed E-state index contributed by atoms with van der Waals surface area (Å²) in [4.78, 5) is 4.03. The van der Waals surface area contributed by atoms with Gasteiger partial charge in [-0.1, -0.05) is 6.07 Å². The lowest BCUT2D eigenvalue weighted by atomic mass is 10.2. The Labute approximate surface area is 102 Å². The molecule has 0 N–H and O–H groups in total. The van der Waals surface area contributed by atoms with Crippen molar-refractivity contribution in [1.29, 1.82) is 0 Å². The first-order chi connectivity index (χ1) is 8.19. The highest BCUT2D eigenvalue weighted by molar-refractivity contribution is 6.16. The lowest BCUT2D eigenvalue weighted by Crippen LogP contribution is -1.83. The van der Waals surface area contributed by atoms with Crippen molar-refractivity contribution < 1.29 is 13.2 Å². The molecule has 1 aromatic carbocycles. The number of hydrogen-bond acceptors (Lipinski definition) is 2. The summed E-state index contributed by atoms with van der Waals surface area (Å²) in [6.45, 7) is 0. The highest BCUT2D eigenvalue weighted by Crippen LogP contribution is 2.12. The number of rotatable bonds is 3. The summed E-state index contributed by atoms with van der Waals surface area (Å²) in [6, 6.07) is 3.62. The van der Waals surface area contributed by atoms with Crippen molar-refractivity contribution >= 4 is 23.8 Å². The molecule has 0 aliphatic rings. The van der Waals surface area contributed by atoms with Crippen molar-refractivity contribution in [1.82, 2.24) is 4.98 Å². The van der Waals surface area contributed by atoms with E-state index in [-0.39, 0.29) is 5.88 Å². The maximum Gasteiger partial charge on any atom is 0.218 e. The zero-order valence-corrected chi connectivity index (χ0v) is 9.42. The maximum atomic E-state index is 12.9. The lowest BCUT2D eigenvalue weighted by molar-refractivity contribution is 0.508. The molecular formula is C12H8ClF2NO. The molecule has 5 heteroatoms. The summed E-state index contributed by atoms with van der Waals surface area (Å²) in [5.74, 6) is -1.13. The Balaban J connectivity index is 2.16. The van der Waals surface area contributed by atoms with Gasteiger partial charge in [-0.15, -0.1) is 11.6 Å². The Morgan fingerprint density at radius 2 is 2.06 bits per heavy atom. The van der Waals surface area contributed by atoms with E-state index >= 15 is 0 Å². The quantitative estimate of drug-likeness (QED) is 0.779. The van der Waals surface area contributed by atoms with Crippen LogP contribution in [0.25, 0.3) is 12.2 Å². The molecule has 1 aromatic heterocycles. The second-order valence-electron chi connectivity index (χ2n) is 3.32. The first-order valence-electron chi connectivity index (χ1n) is 4.82. The predicted molar refractivity (Wildman–Crippen MR) is 61.3 cm³/mol. The summed E-state index contributed by atoms with van der Waals surface area (Å²) in [5.41, 5.74) is 1.14. The van der Waals surface area contributed by atoms with Crippen LogP contribution >= 0.6 is 11.6 Å². The smallest absolute Gasteiger partial charge is 0.218 e. The molecule has 2 rings (SSSR count). The van der Waals surface area contributed by atoms with Gasteiger partial charge in [-0.25, -0.2) is 13.8 Å². The molecule has 0 amide bonds. The van der Waals surface area contributed by atoms with E-state index in [0.29, 0.717) is 17.1 Å². The van der Waals surface area contributed by atoms with Gasteiger partial charge in [-0.3, -0.25) is 0 Å². The van der Waals surface area contributed by atoms with E-state index < -0.39 is 11.6 Å². The van der Waals surface area contributed by atoms with E-state index in [2.05, 4.69) is 4.98 Å². The topological polar surface area (TPSA) is 26.0 Å². The molecule has 0 saturated heterocycles. The summed E-state index contributed by atoms with van der Waals surface area (Å²) in [5, 5.41) is 0. The second kappa shape index (κ2) is 5.10. The molecule has 0 saturated carbocycles. The zero-order valence-electron chi connectivity index (χ0n) is 8.66. The standard InChI is InChI=1S/C12H8ClF2NO/c13-6-9-7-17-12(16-9)4-2-8-1-3-10(14)11(15)5-8/h1-5,7H,6H2/b4-2+. The molecule has 17 heavy (non-hydrogen) atoms. The van der Waals surface area contributed by atoms with Gasteiger partial charge in [-0.2, -0.15) is 0 Å². The normalized spacial score (nSPS) is 11.2. The lowest BCUT2D eigenvalue weighted by Gasteiger charge is -1.94. The van der Waals surface area contributed by atoms with Crippen molar-refractivity contribution in [3.05, 3.63) is 53.2 Å². The molecule has 0 spiro atoms. The van der Waals surface area contributed by atoms with Gasteiger partial charge in [0.25, 0.3) is 0 Å². The molecule has 0 fully saturated rings. The van der Waals surface area contributed by atoms with Crippen LogP contribution in [-0.4, -0.2) is 4.98 Å². The molecule has 0 aliphatic carbocycles. The van der Waals surface area contributed by atoms with E-state index in [4.69, 9.17) is 16.0 Å². The van der Waals surface area contributed by atoms with Crippen LogP contribution in [-0.2, 0) is 5.88 Å². The SMILES string of the molecule is Fc1ccc(/C=C/c2nc(CCl)co2)cc1F. The van der Waals surface area contributed by atoms with Crippen LogP contribution in [0.5, 0.6) is 0 Å². The number of benzene rings is 1. The molecule has 0 atom stereocenters. The van der Waals surface area contributed by atoms with Gasteiger partial charge < -0.3 is 4.42 Å². The first kappa shape index (κ1) is 11.8. The van der Waals surface area contributed by atoms with Crippen LogP contribution in [0.3, 0.4) is 0 Å². The third-order valence-electron chi connectivity index (χ3n) is 2.07. The van der Waals surface area contributed by atoms with Gasteiger partial charge >= 0.3 is 0 Å². The number of aromatic nitrogens is 1. The van der Waals surface area contributed by atoms with Crippen LogP contribution in [0.2, 0.25) is 0 Å². The van der Waals surface area contributed by atoms with Crippen molar-refractivity contribution in [3.8, 4) is 0 Å². The Bertz CT molecular complexity index is 551.